The van der Waals surface area contributed by atoms with Crippen LogP contribution in [0.3, 0.4) is 0 Å². The molecule has 15 heavy (non-hydrogen) atoms. The Bertz CT molecular complexity index is 374. The molecule has 6 nitrogen and oxygen atoms in total. The number of hydrogen-bond acceptors (Lipinski definition) is 4. The van der Waals surface area contributed by atoms with Crippen LogP contribution in [0.4, 0.5) is 5.82 Å². The molecule has 1 unspecified atom stereocenters. The Kier molecular flexibility index (Phi) is 3.22. The molecule has 80 valence electrons. The van der Waals surface area contributed by atoms with Gasteiger partial charge in [0, 0.05) is 6.20 Å². The van der Waals surface area contributed by atoms with Crippen LogP contribution in [0, 0.1) is 0 Å². The second-order valence-electron chi connectivity index (χ2n) is 3.06. The van der Waals surface area contributed by atoms with Crippen molar-refractivity contribution in [2.75, 3.05) is 5.32 Å². The molecule has 0 saturated heterocycles. The molecule has 0 radical (unpaired) electrons. The molecule has 0 bridgehead atoms. The van der Waals surface area contributed by atoms with Crippen molar-refractivity contribution in [1.29, 1.82) is 0 Å². The fourth-order valence-electron chi connectivity index (χ4n) is 0.918. The molecule has 2 amide bonds. The van der Waals surface area contributed by atoms with Crippen molar-refractivity contribution < 1.29 is 9.59 Å². The number of anilines is 1. The molecule has 6 heteroatoms. The zero-order valence-electron chi connectivity index (χ0n) is 8.23. The van der Waals surface area contributed by atoms with Gasteiger partial charge in [0.25, 0.3) is 0 Å². The summed E-state index contributed by atoms with van der Waals surface area (Å²) in [6.45, 7) is 1.62. The van der Waals surface area contributed by atoms with Crippen molar-refractivity contribution in [3.05, 3.63) is 23.9 Å². The maximum atomic E-state index is 10.7. The van der Waals surface area contributed by atoms with Gasteiger partial charge >= 0.3 is 0 Å². The Labute approximate surface area is 86.7 Å². The number of nitrogens with two attached hydrogens (primary N) is 2. The topological polar surface area (TPSA) is 111 Å². The number of aromatic nitrogens is 1. The number of primary amides is 2. The summed E-state index contributed by atoms with van der Waals surface area (Å²) in [6.07, 6.45) is 1.33. The predicted molar refractivity (Wildman–Crippen MR) is 55.0 cm³/mol. The lowest BCUT2D eigenvalue weighted by Gasteiger charge is -2.10. The van der Waals surface area contributed by atoms with Crippen LogP contribution >= 0.6 is 0 Å². The summed E-state index contributed by atoms with van der Waals surface area (Å²) in [5, 5.41) is 2.77. The third-order valence-corrected chi connectivity index (χ3v) is 1.84. The number of amides is 2. The first-order valence-corrected chi connectivity index (χ1v) is 4.32. The van der Waals surface area contributed by atoms with E-state index in [1.165, 1.54) is 12.3 Å². The number of nitrogens with one attached hydrogen (secondary N) is 1. The second-order valence-corrected chi connectivity index (χ2v) is 3.06. The van der Waals surface area contributed by atoms with Gasteiger partial charge in [-0.05, 0) is 19.1 Å². The van der Waals surface area contributed by atoms with Gasteiger partial charge in [0.15, 0.2) is 0 Å². The van der Waals surface area contributed by atoms with E-state index in [2.05, 4.69) is 10.3 Å². The van der Waals surface area contributed by atoms with E-state index in [1.54, 1.807) is 13.0 Å². The van der Waals surface area contributed by atoms with E-state index in [0.29, 0.717) is 11.4 Å². The molecule has 0 aliphatic rings. The fraction of sp³-hybridized carbons (Fsp3) is 0.222. The summed E-state index contributed by atoms with van der Waals surface area (Å²) in [7, 11) is 0. The number of carbonyl (C=O) groups excluding carboxylic acids is 2. The summed E-state index contributed by atoms with van der Waals surface area (Å²) < 4.78 is 0. The first-order valence-electron chi connectivity index (χ1n) is 4.32. The van der Waals surface area contributed by atoms with E-state index >= 15 is 0 Å². The first-order chi connectivity index (χ1) is 7.00. The van der Waals surface area contributed by atoms with Crippen LogP contribution in [0.5, 0.6) is 0 Å². The molecule has 0 spiro atoms. The van der Waals surface area contributed by atoms with E-state index < -0.39 is 17.9 Å². The van der Waals surface area contributed by atoms with Gasteiger partial charge in [0.05, 0.1) is 5.56 Å². The van der Waals surface area contributed by atoms with E-state index in [0.717, 1.165) is 0 Å². The smallest absolute Gasteiger partial charge is 0.250 e. The minimum atomic E-state index is -0.544. The van der Waals surface area contributed by atoms with Gasteiger partial charge < -0.3 is 16.8 Å². The molecule has 1 heterocycles. The van der Waals surface area contributed by atoms with Gasteiger partial charge in [0.2, 0.25) is 11.8 Å². The maximum Gasteiger partial charge on any atom is 0.250 e. The maximum absolute atomic E-state index is 10.7. The summed E-state index contributed by atoms with van der Waals surface area (Å²) in [6, 6.07) is 2.56. The van der Waals surface area contributed by atoms with Crippen molar-refractivity contribution in [3.63, 3.8) is 0 Å². The van der Waals surface area contributed by atoms with Gasteiger partial charge in [-0.25, -0.2) is 4.98 Å². The third-order valence-electron chi connectivity index (χ3n) is 1.84. The van der Waals surface area contributed by atoms with Crippen molar-refractivity contribution in [2.24, 2.45) is 11.5 Å². The SMILES string of the molecule is CC(Nc1ccc(C(N)=O)cn1)C(N)=O. The van der Waals surface area contributed by atoms with Gasteiger partial charge in [-0.15, -0.1) is 0 Å². The molecule has 0 aliphatic carbocycles. The minimum absolute atomic E-state index is 0.312. The van der Waals surface area contributed by atoms with Crippen LogP contribution in [0.25, 0.3) is 0 Å². The molecular weight excluding hydrogens is 196 g/mol. The number of nitrogens with zero attached hydrogens (tertiary/aromatic N) is 1. The lowest BCUT2D eigenvalue weighted by atomic mass is 10.2. The van der Waals surface area contributed by atoms with Crippen molar-refractivity contribution in [2.45, 2.75) is 13.0 Å². The summed E-state index contributed by atoms with van der Waals surface area (Å²) in [5.74, 6) is -0.556. The minimum Gasteiger partial charge on any atom is -0.368 e. The highest BCUT2D eigenvalue weighted by atomic mass is 16.1. The Balaban J connectivity index is 2.72. The average Bonchev–Trinajstić information content (AvgIpc) is 2.18. The molecule has 1 rings (SSSR count). The monoisotopic (exact) mass is 208 g/mol. The molecule has 1 atom stereocenters. The molecule has 0 fully saturated rings. The van der Waals surface area contributed by atoms with Crippen molar-refractivity contribution >= 4 is 17.6 Å². The lowest BCUT2D eigenvalue weighted by molar-refractivity contribution is -0.118. The van der Waals surface area contributed by atoms with Crippen LogP contribution in [0.1, 0.15) is 17.3 Å². The van der Waals surface area contributed by atoms with E-state index in [9.17, 15) is 9.59 Å². The lowest BCUT2D eigenvalue weighted by Crippen LogP contribution is -2.32. The largest absolute Gasteiger partial charge is 0.368 e. The van der Waals surface area contributed by atoms with Crippen LogP contribution < -0.4 is 16.8 Å². The predicted octanol–water partition coefficient (Wildman–Crippen LogP) is -0.534. The molecule has 1 aromatic heterocycles. The zero-order chi connectivity index (χ0) is 11.4. The van der Waals surface area contributed by atoms with Gasteiger partial charge in [-0.3, -0.25) is 9.59 Å². The highest BCUT2D eigenvalue weighted by molar-refractivity contribution is 5.92. The quantitative estimate of drug-likeness (QED) is 0.617. The normalized spacial score (nSPS) is 11.8. The molecular formula is C9H12N4O2. The first kappa shape index (κ1) is 11.0. The van der Waals surface area contributed by atoms with Crippen LogP contribution in [-0.4, -0.2) is 22.8 Å². The van der Waals surface area contributed by atoms with E-state index in [4.69, 9.17) is 11.5 Å². The van der Waals surface area contributed by atoms with Crippen LogP contribution in [0.2, 0.25) is 0 Å². The molecule has 0 aliphatic heterocycles. The summed E-state index contributed by atoms with van der Waals surface area (Å²) in [5.41, 5.74) is 10.4. The average molecular weight is 208 g/mol. The highest BCUT2D eigenvalue weighted by Gasteiger charge is 2.08. The van der Waals surface area contributed by atoms with Gasteiger partial charge in [0.1, 0.15) is 11.9 Å². The standard InChI is InChI=1S/C9H12N4O2/c1-5(8(10)14)13-7-3-2-6(4-12-7)9(11)15/h2-5H,1H3,(H2,10,14)(H2,11,15)(H,12,13). The van der Waals surface area contributed by atoms with Crippen molar-refractivity contribution in [1.82, 2.24) is 4.98 Å². The Morgan fingerprint density at radius 1 is 1.40 bits per heavy atom. The van der Waals surface area contributed by atoms with Gasteiger partial charge in [-0.2, -0.15) is 0 Å². The second kappa shape index (κ2) is 4.41. The Hall–Kier alpha value is -2.11. The van der Waals surface area contributed by atoms with E-state index in [-0.39, 0.29) is 0 Å². The van der Waals surface area contributed by atoms with Crippen molar-refractivity contribution in [3.8, 4) is 0 Å². The van der Waals surface area contributed by atoms with E-state index in [1.807, 2.05) is 0 Å². The number of pyridine rings is 1. The van der Waals surface area contributed by atoms with Crippen LogP contribution in [-0.2, 0) is 4.79 Å². The third kappa shape index (κ3) is 2.94. The zero-order valence-corrected chi connectivity index (χ0v) is 8.23. The number of carbonyl (C=O) groups is 2. The molecule has 0 aromatic carbocycles. The molecule has 1 aromatic rings. The Morgan fingerprint density at radius 3 is 2.47 bits per heavy atom. The molecule has 5 N–H and O–H groups in total. The number of hydrogen-bond donors (Lipinski definition) is 3. The summed E-state index contributed by atoms with van der Waals surface area (Å²) >= 11 is 0. The Morgan fingerprint density at radius 2 is 2.07 bits per heavy atom. The molecule has 0 saturated carbocycles. The summed E-state index contributed by atoms with van der Waals surface area (Å²) in [4.78, 5) is 25.4. The fourth-order valence-corrected chi connectivity index (χ4v) is 0.918. The highest BCUT2D eigenvalue weighted by Crippen LogP contribution is 2.05. The number of rotatable bonds is 4. The van der Waals surface area contributed by atoms with Crippen LogP contribution in [0.15, 0.2) is 18.3 Å². The van der Waals surface area contributed by atoms with Gasteiger partial charge in [-0.1, -0.05) is 0 Å².